The van der Waals surface area contributed by atoms with Gasteiger partial charge in [-0.3, -0.25) is 9.89 Å². The molecule has 0 bridgehead atoms. The molecular weight excluding hydrogens is 394 g/mol. The van der Waals surface area contributed by atoms with Crippen LogP contribution >= 0.6 is 0 Å². The molecule has 31 heavy (non-hydrogen) atoms. The molecular formula is C24H29N3O4. The van der Waals surface area contributed by atoms with Gasteiger partial charge in [0.15, 0.2) is 23.9 Å². The minimum absolute atomic E-state index is 0.108. The van der Waals surface area contributed by atoms with Crippen LogP contribution in [0, 0.1) is 20.8 Å². The largest absolute Gasteiger partial charge is 0.490 e. The highest BCUT2D eigenvalue weighted by molar-refractivity contribution is 5.95. The van der Waals surface area contributed by atoms with Gasteiger partial charge >= 0.3 is 0 Å². The number of nitrogens with one attached hydrogen (secondary N) is 2. The van der Waals surface area contributed by atoms with E-state index in [0.717, 1.165) is 27.9 Å². The lowest BCUT2D eigenvalue weighted by atomic mass is 10.0. The van der Waals surface area contributed by atoms with Crippen LogP contribution in [-0.2, 0) is 4.79 Å². The summed E-state index contributed by atoms with van der Waals surface area (Å²) in [7, 11) is 0. The number of hydrogen-bond acceptors (Lipinski definition) is 5. The molecule has 2 aromatic carbocycles. The Morgan fingerprint density at radius 1 is 0.935 bits per heavy atom. The number of hydrogen-bond donors (Lipinski definition) is 2. The van der Waals surface area contributed by atoms with Gasteiger partial charge in [0.05, 0.1) is 13.2 Å². The Morgan fingerprint density at radius 2 is 1.65 bits per heavy atom. The van der Waals surface area contributed by atoms with Crippen LogP contribution in [0.25, 0.3) is 11.1 Å². The molecule has 7 nitrogen and oxygen atoms in total. The second kappa shape index (κ2) is 10.0. The quantitative estimate of drug-likeness (QED) is 0.516. The molecule has 7 heteroatoms. The van der Waals surface area contributed by atoms with Crippen molar-refractivity contribution in [3.05, 3.63) is 53.2 Å². The van der Waals surface area contributed by atoms with Crippen LogP contribution in [0.3, 0.4) is 0 Å². The van der Waals surface area contributed by atoms with Crippen molar-refractivity contribution in [2.45, 2.75) is 34.6 Å². The molecule has 0 saturated heterocycles. The fraction of sp³-hybridized carbons (Fsp3) is 0.333. The lowest BCUT2D eigenvalue weighted by Crippen LogP contribution is -2.21. The SMILES string of the molecule is CCOc1ccc(-c2c(NC(=O)COc3ccc(C)cc3C)n[nH]c2C)cc1OCC. The number of benzene rings is 2. The zero-order valence-electron chi connectivity index (χ0n) is 18.7. The molecule has 0 aliphatic rings. The van der Waals surface area contributed by atoms with Gasteiger partial charge in [-0.1, -0.05) is 23.8 Å². The molecule has 2 N–H and O–H groups in total. The van der Waals surface area contributed by atoms with E-state index >= 15 is 0 Å². The molecule has 3 aromatic rings. The number of aryl methyl sites for hydroxylation is 3. The Labute approximate surface area is 182 Å². The number of amides is 1. The van der Waals surface area contributed by atoms with Crippen molar-refractivity contribution >= 4 is 11.7 Å². The molecule has 0 fully saturated rings. The molecule has 0 aliphatic carbocycles. The Bertz CT molecular complexity index is 1060. The third-order valence-corrected chi connectivity index (χ3v) is 4.73. The maximum absolute atomic E-state index is 12.5. The van der Waals surface area contributed by atoms with Crippen LogP contribution in [0.2, 0.25) is 0 Å². The van der Waals surface area contributed by atoms with Crippen molar-refractivity contribution in [1.82, 2.24) is 10.2 Å². The molecule has 164 valence electrons. The van der Waals surface area contributed by atoms with E-state index in [4.69, 9.17) is 14.2 Å². The smallest absolute Gasteiger partial charge is 0.263 e. The number of aromatic nitrogens is 2. The van der Waals surface area contributed by atoms with Crippen molar-refractivity contribution in [2.24, 2.45) is 0 Å². The average Bonchev–Trinajstić information content (AvgIpc) is 3.09. The van der Waals surface area contributed by atoms with Gasteiger partial charge in [-0.2, -0.15) is 5.10 Å². The summed E-state index contributed by atoms with van der Waals surface area (Å²) in [4.78, 5) is 12.5. The fourth-order valence-corrected chi connectivity index (χ4v) is 3.35. The molecule has 1 amide bonds. The normalized spacial score (nSPS) is 10.6. The monoisotopic (exact) mass is 423 g/mol. The highest BCUT2D eigenvalue weighted by Gasteiger charge is 2.17. The molecule has 0 unspecified atom stereocenters. The highest BCUT2D eigenvalue weighted by Crippen LogP contribution is 2.36. The number of carbonyl (C=O) groups is 1. The van der Waals surface area contributed by atoms with Gasteiger partial charge in [-0.15, -0.1) is 0 Å². The summed E-state index contributed by atoms with van der Waals surface area (Å²) in [5.74, 6) is 2.17. The van der Waals surface area contributed by atoms with Gasteiger partial charge in [-0.05, 0) is 63.9 Å². The summed E-state index contributed by atoms with van der Waals surface area (Å²) in [6.07, 6.45) is 0. The van der Waals surface area contributed by atoms with Gasteiger partial charge in [0, 0.05) is 11.3 Å². The van der Waals surface area contributed by atoms with Gasteiger partial charge in [0.25, 0.3) is 5.91 Å². The molecule has 1 aromatic heterocycles. The second-order valence-electron chi connectivity index (χ2n) is 7.21. The lowest BCUT2D eigenvalue weighted by molar-refractivity contribution is -0.118. The van der Waals surface area contributed by atoms with Gasteiger partial charge in [0.2, 0.25) is 0 Å². The van der Waals surface area contributed by atoms with Crippen molar-refractivity contribution in [3.63, 3.8) is 0 Å². The number of rotatable bonds is 9. The van der Waals surface area contributed by atoms with Crippen molar-refractivity contribution in [1.29, 1.82) is 0 Å². The van der Waals surface area contributed by atoms with E-state index in [1.54, 1.807) is 0 Å². The number of nitrogens with zero attached hydrogens (tertiary/aromatic N) is 1. The minimum Gasteiger partial charge on any atom is -0.490 e. The average molecular weight is 424 g/mol. The predicted octanol–water partition coefficient (Wildman–Crippen LogP) is 4.82. The first kappa shape index (κ1) is 22.2. The van der Waals surface area contributed by atoms with E-state index in [-0.39, 0.29) is 12.5 Å². The van der Waals surface area contributed by atoms with E-state index in [0.29, 0.717) is 36.3 Å². The number of anilines is 1. The zero-order chi connectivity index (χ0) is 22.4. The maximum atomic E-state index is 12.5. The molecule has 1 heterocycles. The summed E-state index contributed by atoms with van der Waals surface area (Å²) >= 11 is 0. The summed E-state index contributed by atoms with van der Waals surface area (Å²) in [5.41, 5.74) is 4.62. The minimum atomic E-state index is -0.288. The Kier molecular flexibility index (Phi) is 7.18. The number of aromatic amines is 1. The van der Waals surface area contributed by atoms with Gasteiger partial charge in [0.1, 0.15) is 5.75 Å². The highest BCUT2D eigenvalue weighted by atomic mass is 16.5. The fourth-order valence-electron chi connectivity index (χ4n) is 3.35. The summed E-state index contributed by atoms with van der Waals surface area (Å²) in [6.45, 7) is 10.7. The van der Waals surface area contributed by atoms with Crippen LogP contribution in [0.5, 0.6) is 17.2 Å². The maximum Gasteiger partial charge on any atom is 0.263 e. The van der Waals surface area contributed by atoms with Gasteiger partial charge in [-0.25, -0.2) is 0 Å². The predicted molar refractivity (Wildman–Crippen MR) is 121 cm³/mol. The Balaban J connectivity index is 1.77. The first-order chi connectivity index (χ1) is 14.9. The van der Waals surface area contributed by atoms with Crippen LogP contribution < -0.4 is 19.5 Å². The van der Waals surface area contributed by atoms with Crippen LogP contribution in [0.4, 0.5) is 5.82 Å². The molecule has 0 atom stereocenters. The molecule has 0 radical (unpaired) electrons. The number of carbonyl (C=O) groups excluding carboxylic acids is 1. The number of H-pyrrole nitrogens is 1. The number of ether oxygens (including phenoxy) is 3. The van der Waals surface area contributed by atoms with Crippen LogP contribution in [0.15, 0.2) is 36.4 Å². The van der Waals surface area contributed by atoms with E-state index in [2.05, 4.69) is 15.5 Å². The van der Waals surface area contributed by atoms with E-state index in [1.807, 2.05) is 71.0 Å². The third kappa shape index (κ3) is 5.36. The van der Waals surface area contributed by atoms with Gasteiger partial charge < -0.3 is 19.5 Å². The van der Waals surface area contributed by atoms with Crippen molar-refractivity contribution < 1.29 is 19.0 Å². The topological polar surface area (TPSA) is 85.5 Å². The molecule has 0 spiro atoms. The summed E-state index contributed by atoms with van der Waals surface area (Å²) in [6, 6.07) is 11.5. The standard InChI is InChI=1S/C24H29N3O4/c1-6-29-20-11-9-18(13-21(20)30-7-2)23-17(5)26-27-24(23)25-22(28)14-31-19-10-8-15(3)12-16(19)4/h8-13H,6-7,14H2,1-5H3,(H2,25,26,27,28). The van der Waals surface area contributed by atoms with E-state index in [1.165, 1.54) is 0 Å². The van der Waals surface area contributed by atoms with E-state index < -0.39 is 0 Å². The Morgan fingerprint density at radius 3 is 2.35 bits per heavy atom. The molecule has 3 rings (SSSR count). The third-order valence-electron chi connectivity index (χ3n) is 4.73. The first-order valence-electron chi connectivity index (χ1n) is 10.4. The van der Waals surface area contributed by atoms with Crippen LogP contribution in [0.1, 0.15) is 30.7 Å². The van der Waals surface area contributed by atoms with Crippen molar-refractivity contribution in [3.8, 4) is 28.4 Å². The second-order valence-corrected chi connectivity index (χ2v) is 7.21. The molecule has 0 saturated carbocycles. The van der Waals surface area contributed by atoms with Crippen LogP contribution in [-0.4, -0.2) is 35.9 Å². The zero-order valence-corrected chi connectivity index (χ0v) is 18.7. The summed E-state index contributed by atoms with van der Waals surface area (Å²) in [5, 5.41) is 10.1. The summed E-state index contributed by atoms with van der Waals surface area (Å²) < 4.78 is 17.1. The Hall–Kier alpha value is -3.48. The lowest BCUT2D eigenvalue weighted by Gasteiger charge is -2.13. The molecule has 0 aliphatic heterocycles. The van der Waals surface area contributed by atoms with E-state index in [9.17, 15) is 4.79 Å². The van der Waals surface area contributed by atoms with Crippen molar-refractivity contribution in [2.75, 3.05) is 25.1 Å². The first-order valence-corrected chi connectivity index (χ1v) is 10.4.